The van der Waals surface area contributed by atoms with Crippen molar-refractivity contribution in [2.45, 2.75) is 17.0 Å². The summed E-state index contributed by atoms with van der Waals surface area (Å²) in [7, 11) is 1.30. The lowest BCUT2D eigenvalue weighted by Gasteiger charge is -2.35. The van der Waals surface area contributed by atoms with E-state index in [1.807, 2.05) is 6.92 Å². The highest BCUT2D eigenvalue weighted by Gasteiger charge is 2.41. The molecule has 0 bridgehead atoms. The van der Waals surface area contributed by atoms with E-state index in [4.69, 9.17) is 9.15 Å². The summed E-state index contributed by atoms with van der Waals surface area (Å²) in [5.74, 6) is 0.649. The molecule has 2 aromatic heterocycles. The van der Waals surface area contributed by atoms with Crippen LogP contribution in [0.4, 0.5) is 5.13 Å². The number of hydrogen-bond acceptors (Lipinski definition) is 9. The highest BCUT2D eigenvalue weighted by molar-refractivity contribution is 8.00. The number of rotatable bonds is 6. The summed E-state index contributed by atoms with van der Waals surface area (Å²) in [5.41, 5.74) is -0.489. The zero-order valence-electron chi connectivity index (χ0n) is 13.0. The number of ether oxygens (including phenoxy) is 2. The Labute approximate surface area is 145 Å². The molecule has 24 heavy (non-hydrogen) atoms. The van der Waals surface area contributed by atoms with Crippen molar-refractivity contribution >= 4 is 40.1 Å². The maximum Gasteiger partial charge on any atom is 0.373 e. The van der Waals surface area contributed by atoms with Crippen molar-refractivity contribution in [1.29, 1.82) is 0 Å². The first kappa shape index (κ1) is 16.9. The van der Waals surface area contributed by atoms with Gasteiger partial charge >= 0.3 is 5.97 Å². The third kappa shape index (κ3) is 3.60. The second kappa shape index (κ2) is 6.91. The number of carbonyl (C=O) groups excluding carboxylic acids is 2. The Morgan fingerprint density at radius 1 is 1.42 bits per heavy atom. The smallest absolute Gasteiger partial charge is 0.373 e. The lowest BCUT2D eigenvalue weighted by Crippen LogP contribution is -2.49. The maximum atomic E-state index is 12.1. The van der Waals surface area contributed by atoms with Crippen molar-refractivity contribution in [3.8, 4) is 0 Å². The summed E-state index contributed by atoms with van der Waals surface area (Å²) >= 11 is 2.69. The van der Waals surface area contributed by atoms with Crippen LogP contribution in [0.1, 0.15) is 23.2 Å². The van der Waals surface area contributed by atoms with Gasteiger partial charge in [0.15, 0.2) is 4.34 Å². The van der Waals surface area contributed by atoms with E-state index in [2.05, 4.69) is 20.3 Å². The summed E-state index contributed by atoms with van der Waals surface area (Å²) in [5, 5.41) is 11.2. The second-order valence-corrected chi connectivity index (χ2v) is 7.63. The van der Waals surface area contributed by atoms with Gasteiger partial charge in [0.25, 0.3) is 0 Å². The number of carbonyl (C=O) groups is 2. The lowest BCUT2D eigenvalue weighted by atomic mass is 9.88. The van der Waals surface area contributed by atoms with Crippen molar-refractivity contribution in [2.24, 2.45) is 5.41 Å². The average Bonchev–Trinajstić information content (AvgIpc) is 3.19. The van der Waals surface area contributed by atoms with Crippen molar-refractivity contribution in [1.82, 2.24) is 10.2 Å². The van der Waals surface area contributed by atoms with Crippen LogP contribution in [0.25, 0.3) is 0 Å². The van der Waals surface area contributed by atoms with Crippen LogP contribution in [-0.4, -0.2) is 42.4 Å². The molecule has 10 heteroatoms. The lowest BCUT2D eigenvalue weighted by molar-refractivity contribution is -0.151. The summed E-state index contributed by atoms with van der Waals surface area (Å²) < 4.78 is 15.7. The van der Waals surface area contributed by atoms with E-state index in [1.54, 1.807) is 12.1 Å². The first-order chi connectivity index (χ1) is 11.5. The Morgan fingerprint density at radius 3 is 2.88 bits per heavy atom. The van der Waals surface area contributed by atoms with Crippen LogP contribution >= 0.6 is 23.1 Å². The molecule has 1 N–H and O–H groups in total. The van der Waals surface area contributed by atoms with Crippen LogP contribution in [0, 0.1) is 5.41 Å². The van der Waals surface area contributed by atoms with E-state index in [0.717, 1.165) is 0 Å². The Hall–Kier alpha value is -1.91. The molecular weight excluding hydrogens is 354 g/mol. The molecule has 0 aromatic carbocycles. The predicted octanol–water partition coefficient (Wildman–Crippen LogP) is 2.18. The quantitative estimate of drug-likeness (QED) is 0.469. The minimum absolute atomic E-state index is 0.116. The van der Waals surface area contributed by atoms with Crippen molar-refractivity contribution in [3.63, 3.8) is 0 Å². The molecule has 128 valence electrons. The number of thioether (sulfide) groups is 1. The number of furan rings is 1. The van der Waals surface area contributed by atoms with Crippen molar-refractivity contribution < 1.29 is 23.5 Å². The van der Waals surface area contributed by atoms with Crippen molar-refractivity contribution in [3.05, 3.63) is 23.7 Å². The van der Waals surface area contributed by atoms with E-state index >= 15 is 0 Å². The topological polar surface area (TPSA) is 104 Å². The first-order valence-corrected chi connectivity index (χ1v) is 8.83. The fraction of sp³-hybridized carbons (Fsp3) is 0.429. The predicted molar refractivity (Wildman–Crippen MR) is 87.1 cm³/mol. The molecule has 0 atom stereocenters. The van der Waals surface area contributed by atoms with Crippen LogP contribution in [0.5, 0.6) is 0 Å². The number of hydrogen-bond donors (Lipinski definition) is 1. The van der Waals surface area contributed by atoms with Gasteiger partial charge in [-0.3, -0.25) is 10.1 Å². The SMILES string of the molecule is COC(=O)c1ccc(CSc2nnc(NC(=O)C3(C)COC3)s2)o1. The number of methoxy groups -OCH3 is 1. The molecule has 1 saturated heterocycles. The Kier molecular flexibility index (Phi) is 4.88. The monoisotopic (exact) mass is 369 g/mol. The highest BCUT2D eigenvalue weighted by Crippen LogP contribution is 2.32. The zero-order valence-corrected chi connectivity index (χ0v) is 14.7. The standard InChI is InChI=1S/C14H15N3O5S2/c1-14(6-21-7-14)11(19)15-12-16-17-13(24-12)23-5-8-3-4-9(22-8)10(18)20-2/h3-4H,5-7H2,1-2H3,(H,15,16,19). The highest BCUT2D eigenvalue weighted by atomic mass is 32.2. The van der Waals surface area contributed by atoms with E-state index in [1.165, 1.54) is 30.2 Å². The number of amides is 1. The van der Waals surface area contributed by atoms with Gasteiger partial charge in [-0.2, -0.15) is 0 Å². The molecule has 0 unspecified atom stereocenters. The van der Waals surface area contributed by atoms with Gasteiger partial charge in [-0.1, -0.05) is 23.1 Å². The molecule has 1 fully saturated rings. The third-order valence-electron chi connectivity index (χ3n) is 3.40. The normalized spacial score (nSPS) is 15.6. The third-order valence-corrected chi connectivity index (χ3v) is 5.40. The first-order valence-electron chi connectivity index (χ1n) is 7.03. The molecule has 3 heterocycles. The molecule has 8 nitrogen and oxygen atoms in total. The van der Waals surface area contributed by atoms with Crippen LogP contribution in [-0.2, 0) is 20.0 Å². The molecule has 1 aliphatic rings. The van der Waals surface area contributed by atoms with Gasteiger partial charge in [0.1, 0.15) is 5.76 Å². The number of aromatic nitrogens is 2. The number of nitrogens with zero attached hydrogens (tertiary/aromatic N) is 2. The van der Waals surface area contributed by atoms with Crippen molar-refractivity contribution in [2.75, 3.05) is 25.6 Å². The van der Waals surface area contributed by atoms with Gasteiger partial charge in [-0.05, 0) is 19.1 Å². The Bertz CT molecular complexity index is 753. The van der Waals surface area contributed by atoms with Gasteiger partial charge in [0.05, 0.1) is 31.5 Å². The van der Waals surface area contributed by atoms with Crippen LogP contribution < -0.4 is 5.32 Å². The van der Waals surface area contributed by atoms with Gasteiger partial charge in [-0.25, -0.2) is 4.79 Å². The van der Waals surface area contributed by atoms with Gasteiger partial charge in [0.2, 0.25) is 16.8 Å². The summed E-state index contributed by atoms with van der Waals surface area (Å²) in [6.07, 6.45) is 0. The Morgan fingerprint density at radius 2 is 2.21 bits per heavy atom. The average molecular weight is 369 g/mol. The number of nitrogens with one attached hydrogen (secondary N) is 1. The Balaban J connectivity index is 1.53. The van der Waals surface area contributed by atoms with E-state index in [0.29, 0.717) is 34.2 Å². The van der Waals surface area contributed by atoms with E-state index < -0.39 is 11.4 Å². The van der Waals surface area contributed by atoms with Crippen LogP contribution in [0.15, 0.2) is 20.9 Å². The number of anilines is 1. The molecule has 1 amide bonds. The largest absolute Gasteiger partial charge is 0.463 e. The second-order valence-electron chi connectivity index (χ2n) is 5.43. The van der Waals surface area contributed by atoms with Crippen LogP contribution in [0.3, 0.4) is 0 Å². The molecule has 3 rings (SSSR count). The van der Waals surface area contributed by atoms with Gasteiger partial charge in [-0.15, -0.1) is 10.2 Å². The summed E-state index contributed by atoms with van der Waals surface area (Å²) in [4.78, 5) is 23.4. The number of esters is 1. The molecule has 2 aromatic rings. The summed E-state index contributed by atoms with van der Waals surface area (Å²) in [6.45, 7) is 2.68. The summed E-state index contributed by atoms with van der Waals surface area (Å²) in [6, 6.07) is 3.27. The molecule has 0 aliphatic carbocycles. The fourth-order valence-electron chi connectivity index (χ4n) is 1.90. The molecule has 0 radical (unpaired) electrons. The molecular formula is C14H15N3O5S2. The van der Waals surface area contributed by atoms with Crippen LogP contribution in [0.2, 0.25) is 0 Å². The van der Waals surface area contributed by atoms with Gasteiger partial charge in [0, 0.05) is 0 Å². The van der Waals surface area contributed by atoms with E-state index in [-0.39, 0.29) is 11.7 Å². The molecule has 1 aliphatic heterocycles. The zero-order chi connectivity index (χ0) is 17.2. The minimum Gasteiger partial charge on any atom is -0.463 e. The van der Waals surface area contributed by atoms with E-state index in [9.17, 15) is 9.59 Å². The fourth-order valence-corrected chi connectivity index (χ4v) is 3.55. The minimum atomic E-state index is -0.513. The van der Waals surface area contributed by atoms with Gasteiger partial charge < -0.3 is 13.9 Å². The maximum absolute atomic E-state index is 12.1. The molecule has 0 spiro atoms. The molecule has 0 saturated carbocycles.